The van der Waals surface area contributed by atoms with Gasteiger partial charge in [0.05, 0.1) is 23.8 Å². The molecule has 0 amide bonds. The SMILES string of the molecule is NC1c2ccccc2CCC1n1cc(C(F)(F)F)cn1. The molecule has 3 rings (SSSR count). The van der Waals surface area contributed by atoms with Gasteiger partial charge in [0.15, 0.2) is 0 Å². The highest BCUT2D eigenvalue weighted by atomic mass is 19.4. The van der Waals surface area contributed by atoms with E-state index in [2.05, 4.69) is 5.10 Å². The number of rotatable bonds is 1. The van der Waals surface area contributed by atoms with Gasteiger partial charge in [0.2, 0.25) is 0 Å². The minimum Gasteiger partial charge on any atom is -0.322 e. The van der Waals surface area contributed by atoms with Gasteiger partial charge in [-0.3, -0.25) is 4.68 Å². The molecule has 0 fully saturated rings. The Hall–Kier alpha value is -1.82. The Bertz CT molecular complexity index is 618. The molecule has 1 heterocycles. The zero-order chi connectivity index (χ0) is 14.3. The van der Waals surface area contributed by atoms with Crippen molar-refractivity contribution < 1.29 is 13.2 Å². The van der Waals surface area contributed by atoms with E-state index in [-0.39, 0.29) is 12.1 Å². The summed E-state index contributed by atoms with van der Waals surface area (Å²) in [6, 6.07) is 7.21. The van der Waals surface area contributed by atoms with E-state index in [1.54, 1.807) is 0 Å². The molecule has 2 N–H and O–H groups in total. The van der Waals surface area contributed by atoms with Gasteiger partial charge < -0.3 is 5.73 Å². The molecule has 3 nitrogen and oxygen atoms in total. The lowest BCUT2D eigenvalue weighted by molar-refractivity contribution is -0.137. The zero-order valence-corrected chi connectivity index (χ0v) is 10.6. The van der Waals surface area contributed by atoms with Gasteiger partial charge in [0.1, 0.15) is 0 Å². The summed E-state index contributed by atoms with van der Waals surface area (Å²) in [6.45, 7) is 0. The van der Waals surface area contributed by atoms with E-state index in [9.17, 15) is 13.2 Å². The fourth-order valence-corrected chi connectivity index (χ4v) is 2.74. The second kappa shape index (κ2) is 4.63. The van der Waals surface area contributed by atoms with Crippen LogP contribution in [0.4, 0.5) is 13.2 Å². The minimum absolute atomic E-state index is 0.235. The van der Waals surface area contributed by atoms with E-state index in [4.69, 9.17) is 5.73 Å². The van der Waals surface area contributed by atoms with Gasteiger partial charge in [-0.05, 0) is 24.0 Å². The van der Waals surface area contributed by atoms with Crippen molar-refractivity contribution in [3.05, 3.63) is 53.3 Å². The lowest BCUT2D eigenvalue weighted by atomic mass is 9.84. The molecule has 1 aliphatic rings. The Morgan fingerprint density at radius 1 is 1.25 bits per heavy atom. The predicted molar refractivity (Wildman–Crippen MR) is 68.0 cm³/mol. The van der Waals surface area contributed by atoms with Gasteiger partial charge in [-0.2, -0.15) is 18.3 Å². The predicted octanol–water partition coefficient (Wildman–Crippen LogP) is 3.09. The van der Waals surface area contributed by atoms with E-state index in [1.165, 1.54) is 10.2 Å². The van der Waals surface area contributed by atoms with Crippen LogP contribution in [0.15, 0.2) is 36.7 Å². The van der Waals surface area contributed by atoms with E-state index >= 15 is 0 Å². The van der Waals surface area contributed by atoms with Crippen molar-refractivity contribution in [2.24, 2.45) is 5.73 Å². The third-order valence-electron chi connectivity index (χ3n) is 3.81. The molecule has 0 spiro atoms. The molecule has 106 valence electrons. The number of nitrogens with zero attached hydrogens (tertiary/aromatic N) is 2. The highest BCUT2D eigenvalue weighted by Gasteiger charge is 2.34. The number of aryl methyl sites for hydroxylation is 1. The monoisotopic (exact) mass is 281 g/mol. The van der Waals surface area contributed by atoms with Gasteiger partial charge in [-0.25, -0.2) is 0 Å². The summed E-state index contributed by atoms with van der Waals surface area (Å²) in [7, 11) is 0. The number of fused-ring (bicyclic) bond motifs is 1. The van der Waals surface area contributed by atoms with E-state index in [1.807, 2.05) is 24.3 Å². The lowest BCUT2D eigenvalue weighted by Crippen LogP contribution is -2.30. The van der Waals surface area contributed by atoms with Crippen LogP contribution in [-0.2, 0) is 12.6 Å². The lowest BCUT2D eigenvalue weighted by Gasteiger charge is -2.31. The second-order valence-corrected chi connectivity index (χ2v) is 5.04. The molecule has 0 saturated carbocycles. The summed E-state index contributed by atoms with van der Waals surface area (Å²) in [5, 5.41) is 3.85. The second-order valence-electron chi connectivity index (χ2n) is 5.04. The quantitative estimate of drug-likeness (QED) is 0.873. The number of nitrogens with two attached hydrogens (primary N) is 1. The molecule has 0 saturated heterocycles. The average molecular weight is 281 g/mol. The Kier molecular flexibility index (Phi) is 3.05. The molecule has 0 radical (unpaired) electrons. The molecule has 6 heteroatoms. The van der Waals surface area contributed by atoms with Crippen LogP contribution >= 0.6 is 0 Å². The first-order valence-electron chi connectivity index (χ1n) is 6.41. The van der Waals surface area contributed by atoms with E-state index in [0.717, 1.165) is 24.4 Å². The summed E-state index contributed by atoms with van der Waals surface area (Å²) in [5.41, 5.74) is 7.63. The average Bonchev–Trinajstić information content (AvgIpc) is 2.89. The number of halogens is 3. The smallest absolute Gasteiger partial charge is 0.322 e. The topological polar surface area (TPSA) is 43.8 Å². The molecular weight excluding hydrogens is 267 g/mol. The number of aromatic nitrogens is 2. The largest absolute Gasteiger partial charge is 0.419 e. The van der Waals surface area contributed by atoms with Crippen molar-refractivity contribution >= 4 is 0 Å². The third kappa shape index (κ3) is 2.20. The van der Waals surface area contributed by atoms with Crippen molar-refractivity contribution in [1.82, 2.24) is 9.78 Å². The Morgan fingerprint density at radius 3 is 2.70 bits per heavy atom. The highest BCUT2D eigenvalue weighted by molar-refractivity contribution is 5.33. The van der Waals surface area contributed by atoms with Crippen LogP contribution < -0.4 is 5.73 Å². The molecule has 2 aromatic rings. The maximum Gasteiger partial charge on any atom is 0.419 e. The molecule has 1 aromatic carbocycles. The molecular formula is C14H14F3N3. The van der Waals surface area contributed by atoms with Gasteiger partial charge in [0.25, 0.3) is 0 Å². The van der Waals surface area contributed by atoms with Gasteiger partial charge in [-0.15, -0.1) is 0 Å². The van der Waals surface area contributed by atoms with Crippen molar-refractivity contribution in [2.45, 2.75) is 31.1 Å². The molecule has 1 aromatic heterocycles. The first kappa shape index (κ1) is 13.2. The van der Waals surface area contributed by atoms with Crippen molar-refractivity contribution in [2.75, 3.05) is 0 Å². The van der Waals surface area contributed by atoms with Crippen molar-refractivity contribution in [3.63, 3.8) is 0 Å². The maximum absolute atomic E-state index is 12.6. The van der Waals surface area contributed by atoms with Crippen LogP contribution in [-0.4, -0.2) is 9.78 Å². The van der Waals surface area contributed by atoms with Crippen molar-refractivity contribution in [1.29, 1.82) is 0 Å². The van der Waals surface area contributed by atoms with Crippen LogP contribution in [0, 0.1) is 0 Å². The highest BCUT2D eigenvalue weighted by Crippen LogP contribution is 2.37. The fraction of sp³-hybridized carbons (Fsp3) is 0.357. The zero-order valence-electron chi connectivity index (χ0n) is 10.6. The fourth-order valence-electron chi connectivity index (χ4n) is 2.74. The van der Waals surface area contributed by atoms with E-state index < -0.39 is 11.7 Å². The van der Waals surface area contributed by atoms with Crippen molar-refractivity contribution in [3.8, 4) is 0 Å². The third-order valence-corrected chi connectivity index (χ3v) is 3.81. The van der Waals surface area contributed by atoms with Crippen LogP contribution in [0.2, 0.25) is 0 Å². The first-order chi connectivity index (χ1) is 9.47. The summed E-state index contributed by atoms with van der Waals surface area (Å²) >= 11 is 0. The molecule has 2 atom stereocenters. The number of hydrogen-bond acceptors (Lipinski definition) is 2. The molecule has 1 aliphatic carbocycles. The Balaban J connectivity index is 1.91. The number of alkyl halides is 3. The molecule has 0 aliphatic heterocycles. The van der Waals surface area contributed by atoms with E-state index in [0.29, 0.717) is 6.42 Å². The first-order valence-corrected chi connectivity index (χ1v) is 6.41. The minimum atomic E-state index is -4.37. The maximum atomic E-state index is 12.6. The number of benzene rings is 1. The normalized spacial score (nSPS) is 22.6. The van der Waals surface area contributed by atoms with Crippen LogP contribution in [0.3, 0.4) is 0 Å². The molecule has 0 bridgehead atoms. The van der Waals surface area contributed by atoms with Crippen LogP contribution in [0.25, 0.3) is 0 Å². The Labute approximate surface area is 114 Å². The van der Waals surface area contributed by atoms with Crippen LogP contribution in [0.1, 0.15) is 35.2 Å². The van der Waals surface area contributed by atoms with Gasteiger partial charge in [0, 0.05) is 6.20 Å². The summed E-state index contributed by atoms with van der Waals surface area (Å²) < 4.78 is 39.2. The van der Waals surface area contributed by atoms with Crippen LogP contribution in [0.5, 0.6) is 0 Å². The number of hydrogen-bond donors (Lipinski definition) is 1. The summed E-state index contributed by atoms with van der Waals surface area (Å²) in [5.74, 6) is 0. The molecule has 20 heavy (non-hydrogen) atoms. The summed E-state index contributed by atoms with van der Waals surface area (Å²) in [4.78, 5) is 0. The van der Waals surface area contributed by atoms with Gasteiger partial charge >= 0.3 is 6.18 Å². The molecule has 2 unspecified atom stereocenters. The Morgan fingerprint density at radius 2 is 2.00 bits per heavy atom. The van der Waals surface area contributed by atoms with Gasteiger partial charge in [-0.1, -0.05) is 24.3 Å². The summed E-state index contributed by atoms with van der Waals surface area (Å²) in [6.07, 6.45) is -0.979. The standard InChI is InChI=1S/C14H14F3N3/c15-14(16,17)10-7-19-20(8-10)12-6-5-9-3-1-2-4-11(9)13(12)18/h1-4,7-8,12-13H,5-6,18H2.